The van der Waals surface area contributed by atoms with Crippen LogP contribution in [0, 0.1) is 5.92 Å². The Bertz CT molecular complexity index is 927. The first kappa shape index (κ1) is 17.9. The fraction of sp³-hybridized carbons (Fsp3) is 0.286. The zero-order valence-electron chi connectivity index (χ0n) is 14.9. The molecule has 2 aromatic carbocycles. The van der Waals surface area contributed by atoms with Crippen molar-refractivity contribution in [2.45, 2.75) is 11.6 Å². The molecule has 0 saturated carbocycles. The Morgan fingerprint density at radius 1 is 1.11 bits per heavy atom. The van der Waals surface area contributed by atoms with E-state index in [1.165, 1.54) is 11.8 Å². The van der Waals surface area contributed by atoms with Gasteiger partial charge in [-0.1, -0.05) is 60.3 Å². The lowest BCUT2D eigenvalue weighted by atomic mass is 10.1. The summed E-state index contributed by atoms with van der Waals surface area (Å²) in [5.41, 5.74) is 2.83. The molecule has 5 nitrogen and oxygen atoms in total. The number of rotatable bonds is 6. The maximum absolute atomic E-state index is 12.2. The highest BCUT2D eigenvalue weighted by Crippen LogP contribution is 2.28. The average molecular weight is 379 g/mol. The number of hydrogen-bond donors (Lipinski definition) is 1. The van der Waals surface area contributed by atoms with Crippen LogP contribution >= 0.6 is 11.8 Å². The number of hydrogen-bond acceptors (Lipinski definition) is 5. The van der Waals surface area contributed by atoms with Crippen LogP contribution in [0.3, 0.4) is 0 Å². The van der Waals surface area contributed by atoms with Gasteiger partial charge >= 0.3 is 0 Å². The van der Waals surface area contributed by atoms with Crippen LogP contribution in [0.1, 0.15) is 6.42 Å². The van der Waals surface area contributed by atoms with Crippen molar-refractivity contribution in [2.24, 2.45) is 5.92 Å². The summed E-state index contributed by atoms with van der Waals surface area (Å²) in [7, 11) is 0. The number of benzene rings is 2. The molecule has 27 heavy (non-hydrogen) atoms. The number of nitrogens with one attached hydrogen (secondary N) is 1. The zero-order valence-corrected chi connectivity index (χ0v) is 15.7. The Labute approximate surface area is 162 Å². The molecule has 2 heterocycles. The van der Waals surface area contributed by atoms with Crippen LogP contribution in [0.5, 0.6) is 0 Å². The number of amides is 1. The maximum atomic E-state index is 12.2. The van der Waals surface area contributed by atoms with Crippen molar-refractivity contribution in [1.29, 1.82) is 0 Å². The summed E-state index contributed by atoms with van der Waals surface area (Å²) in [5.74, 6) is 0.741. The summed E-state index contributed by atoms with van der Waals surface area (Å²) >= 11 is 1.37. The quantitative estimate of drug-likeness (QED) is 0.524. The van der Waals surface area contributed by atoms with E-state index in [-0.39, 0.29) is 5.91 Å². The Morgan fingerprint density at radius 3 is 2.74 bits per heavy atom. The highest BCUT2D eigenvalue weighted by Gasteiger charge is 2.17. The van der Waals surface area contributed by atoms with Gasteiger partial charge in [0.2, 0.25) is 5.91 Å². The molecule has 1 fully saturated rings. The molecule has 0 bridgehead atoms. The third-order valence-electron chi connectivity index (χ3n) is 4.57. The molecule has 1 aromatic heterocycles. The smallest absolute Gasteiger partial charge is 0.230 e. The number of fused-ring (bicyclic) bond motifs is 1. The molecule has 4 rings (SSSR count). The lowest BCUT2D eigenvalue weighted by Gasteiger charge is -2.10. The standard InChI is InChI=1S/C21H21N3O2S/c25-19(22-12-15-10-11-26-13-15)14-27-21-23-18-9-5-4-8-17(18)20(24-21)16-6-2-1-3-7-16/h1-9,15H,10-14H2,(H,22,25)/t15-/m0/s1. The molecule has 138 valence electrons. The van der Waals surface area contributed by atoms with E-state index in [4.69, 9.17) is 9.72 Å². The Kier molecular flexibility index (Phi) is 5.65. The molecule has 1 aliphatic heterocycles. The first-order valence-electron chi connectivity index (χ1n) is 9.09. The van der Waals surface area contributed by atoms with Crippen LogP contribution in [0.25, 0.3) is 22.2 Å². The van der Waals surface area contributed by atoms with Crippen molar-refractivity contribution < 1.29 is 9.53 Å². The van der Waals surface area contributed by atoms with E-state index in [1.807, 2.05) is 54.6 Å². The van der Waals surface area contributed by atoms with Crippen LogP contribution in [0.2, 0.25) is 0 Å². The summed E-state index contributed by atoms with van der Waals surface area (Å²) in [4.78, 5) is 21.5. The van der Waals surface area contributed by atoms with Gasteiger partial charge in [-0.25, -0.2) is 9.97 Å². The van der Waals surface area contributed by atoms with Gasteiger partial charge in [0, 0.05) is 30.0 Å². The molecule has 0 unspecified atom stereocenters. The number of para-hydroxylation sites is 1. The largest absolute Gasteiger partial charge is 0.381 e. The number of ether oxygens (including phenoxy) is 1. The fourth-order valence-electron chi connectivity index (χ4n) is 3.12. The van der Waals surface area contributed by atoms with Crippen molar-refractivity contribution in [3.05, 3.63) is 54.6 Å². The molecule has 1 atom stereocenters. The van der Waals surface area contributed by atoms with Crippen LogP contribution in [0.15, 0.2) is 59.8 Å². The van der Waals surface area contributed by atoms with Gasteiger partial charge in [-0.3, -0.25) is 4.79 Å². The van der Waals surface area contributed by atoms with E-state index < -0.39 is 0 Å². The van der Waals surface area contributed by atoms with Gasteiger partial charge in [-0.2, -0.15) is 0 Å². The van der Waals surface area contributed by atoms with E-state index >= 15 is 0 Å². The lowest BCUT2D eigenvalue weighted by Crippen LogP contribution is -2.30. The number of carbonyl (C=O) groups excluding carboxylic acids is 1. The van der Waals surface area contributed by atoms with Crippen molar-refractivity contribution >= 4 is 28.6 Å². The van der Waals surface area contributed by atoms with Gasteiger partial charge in [-0.15, -0.1) is 0 Å². The maximum Gasteiger partial charge on any atom is 0.230 e. The first-order chi connectivity index (χ1) is 13.3. The summed E-state index contributed by atoms with van der Waals surface area (Å²) in [6.45, 7) is 2.21. The predicted octanol–water partition coefficient (Wildman–Crippen LogP) is 3.54. The van der Waals surface area contributed by atoms with Gasteiger partial charge in [0.1, 0.15) is 0 Å². The van der Waals surface area contributed by atoms with Crippen molar-refractivity contribution in [2.75, 3.05) is 25.5 Å². The molecule has 0 spiro atoms. The van der Waals surface area contributed by atoms with E-state index in [9.17, 15) is 4.79 Å². The minimum atomic E-state index is 0.00456. The van der Waals surface area contributed by atoms with Gasteiger partial charge in [-0.05, 0) is 12.5 Å². The Hall–Kier alpha value is -2.44. The molecule has 0 radical (unpaired) electrons. The molecule has 6 heteroatoms. The van der Waals surface area contributed by atoms with Crippen LogP contribution in [-0.4, -0.2) is 41.4 Å². The molecule has 0 aliphatic carbocycles. The first-order valence-corrected chi connectivity index (χ1v) is 10.1. The minimum Gasteiger partial charge on any atom is -0.381 e. The average Bonchev–Trinajstić information content (AvgIpc) is 3.24. The lowest BCUT2D eigenvalue weighted by molar-refractivity contribution is -0.118. The molecule has 1 aliphatic rings. The molecule has 1 amide bonds. The second kappa shape index (κ2) is 8.50. The Morgan fingerprint density at radius 2 is 1.93 bits per heavy atom. The molecule has 3 aromatic rings. The van der Waals surface area contributed by atoms with E-state index in [1.54, 1.807) is 0 Å². The Balaban J connectivity index is 1.49. The summed E-state index contributed by atoms with van der Waals surface area (Å²) in [6.07, 6.45) is 1.02. The third-order valence-corrected chi connectivity index (χ3v) is 5.42. The van der Waals surface area contributed by atoms with Crippen LogP contribution in [0.4, 0.5) is 0 Å². The van der Waals surface area contributed by atoms with Gasteiger partial charge < -0.3 is 10.1 Å². The van der Waals surface area contributed by atoms with Gasteiger partial charge in [0.25, 0.3) is 0 Å². The predicted molar refractivity (Wildman–Crippen MR) is 108 cm³/mol. The normalized spacial score (nSPS) is 16.5. The molecular formula is C21H21N3O2S. The summed E-state index contributed by atoms with van der Waals surface area (Å²) in [5, 5.41) is 4.61. The molecule has 1 saturated heterocycles. The van der Waals surface area contributed by atoms with Gasteiger partial charge in [0.15, 0.2) is 5.16 Å². The van der Waals surface area contributed by atoms with Crippen LogP contribution < -0.4 is 5.32 Å². The topological polar surface area (TPSA) is 64.1 Å². The van der Waals surface area contributed by atoms with Crippen molar-refractivity contribution in [1.82, 2.24) is 15.3 Å². The fourth-order valence-corrected chi connectivity index (χ4v) is 3.80. The van der Waals surface area contributed by atoms with Crippen molar-refractivity contribution in [3.63, 3.8) is 0 Å². The van der Waals surface area contributed by atoms with E-state index in [0.717, 1.165) is 41.8 Å². The highest BCUT2D eigenvalue weighted by atomic mass is 32.2. The second-order valence-electron chi connectivity index (χ2n) is 6.56. The third kappa shape index (κ3) is 4.46. The summed E-state index contributed by atoms with van der Waals surface area (Å²) < 4.78 is 5.34. The minimum absolute atomic E-state index is 0.00456. The number of thioether (sulfide) groups is 1. The zero-order chi connectivity index (χ0) is 18.5. The SMILES string of the molecule is O=C(CSc1nc(-c2ccccc2)c2ccccc2n1)NC[C@@H]1CCOC1. The second-order valence-corrected chi connectivity index (χ2v) is 7.50. The number of carbonyl (C=O) groups is 1. The molecular weight excluding hydrogens is 358 g/mol. The monoisotopic (exact) mass is 379 g/mol. The number of nitrogens with zero attached hydrogens (tertiary/aromatic N) is 2. The van der Waals surface area contributed by atoms with E-state index in [0.29, 0.717) is 23.4 Å². The molecule has 1 N–H and O–H groups in total. The van der Waals surface area contributed by atoms with E-state index in [2.05, 4.69) is 10.3 Å². The van der Waals surface area contributed by atoms with Crippen LogP contribution in [-0.2, 0) is 9.53 Å². The highest BCUT2D eigenvalue weighted by molar-refractivity contribution is 7.99. The van der Waals surface area contributed by atoms with Crippen molar-refractivity contribution in [3.8, 4) is 11.3 Å². The van der Waals surface area contributed by atoms with Gasteiger partial charge in [0.05, 0.1) is 23.6 Å². The summed E-state index contributed by atoms with van der Waals surface area (Å²) in [6, 6.07) is 18.0. The number of aromatic nitrogens is 2.